The fourth-order valence-corrected chi connectivity index (χ4v) is 3.38. The van der Waals surface area contributed by atoms with Crippen LogP contribution in [0, 0.1) is 0 Å². The molecule has 2 heterocycles. The lowest BCUT2D eigenvalue weighted by Crippen LogP contribution is -2.33. The summed E-state index contributed by atoms with van der Waals surface area (Å²) in [6.07, 6.45) is 7.88. The molecule has 0 spiro atoms. The van der Waals surface area contributed by atoms with E-state index in [2.05, 4.69) is 20.7 Å². The maximum Gasteiger partial charge on any atom is 0.177 e. The van der Waals surface area contributed by atoms with E-state index in [1.165, 1.54) is 0 Å². The zero-order chi connectivity index (χ0) is 17.9. The molecule has 3 aromatic rings. The van der Waals surface area contributed by atoms with Gasteiger partial charge in [0.05, 0.1) is 12.8 Å². The van der Waals surface area contributed by atoms with E-state index in [9.17, 15) is 0 Å². The Balaban J connectivity index is 1.57. The highest BCUT2D eigenvalue weighted by Crippen LogP contribution is 2.26. The average molecular weight is 352 g/mol. The molecular weight excluding hydrogens is 328 g/mol. The Morgan fingerprint density at radius 1 is 1.15 bits per heavy atom. The molecule has 0 unspecified atom stereocenters. The van der Waals surface area contributed by atoms with Gasteiger partial charge in [-0.15, -0.1) is 5.10 Å². The van der Waals surface area contributed by atoms with Crippen molar-refractivity contribution in [2.24, 2.45) is 5.73 Å². The highest BCUT2D eigenvalue weighted by Gasteiger charge is 2.19. The molecule has 26 heavy (non-hydrogen) atoms. The van der Waals surface area contributed by atoms with E-state index >= 15 is 0 Å². The van der Waals surface area contributed by atoms with E-state index in [1.807, 2.05) is 36.5 Å². The molecule has 0 atom stereocenters. The quantitative estimate of drug-likeness (QED) is 0.653. The zero-order valence-electron chi connectivity index (χ0n) is 14.9. The van der Waals surface area contributed by atoms with Crippen molar-refractivity contribution in [3.05, 3.63) is 42.7 Å². The van der Waals surface area contributed by atoms with Crippen LogP contribution < -0.4 is 21.1 Å². The molecule has 4 N–H and O–H groups in total. The van der Waals surface area contributed by atoms with Crippen LogP contribution in [-0.4, -0.2) is 33.8 Å². The molecule has 1 saturated carbocycles. The van der Waals surface area contributed by atoms with Gasteiger partial charge >= 0.3 is 0 Å². The maximum absolute atomic E-state index is 6.01. The average Bonchev–Trinajstić information content (AvgIpc) is 3.13. The van der Waals surface area contributed by atoms with Gasteiger partial charge in [-0.05, 0) is 49.9 Å². The van der Waals surface area contributed by atoms with Crippen LogP contribution >= 0.6 is 0 Å². The molecule has 1 fully saturated rings. The number of nitrogens with one attached hydrogen (secondary N) is 2. The van der Waals surface area contributed by atoms with Gasteiger partial charge in [0.15, 0.2) is 5.65 Å². The Labute approximate surface area is 152 Å². The Hall–Kier alpha value is -2.80. The molecule has 0 aliphatic heterocycles. The van der Waals surface area contributed by atoms with Crippen molar-refractivity contribution in [1.29, 1.82) is 0 Å². The number of aromatic nitrogens is 3. The van der Waals surface area contributed by atoms with Crippen LogP contribution in [0.15, 0.2) is 42.7 Å². The number of methoxy groups -OCH3 is 1. The van der Waals surface area contributed by atoms with Gasteiger partial charge in [-0.1, -0.05) is 0 Å². The Morgan fingerprint density at radius 3 is 2.65 bits per heavy atom. The van der Waals surface area contributed by atoms with Crippen LogP contribution in [-0.2, 0) is 0 Å². The molecule has 0 bridgehead atoms. The molecule has 7 heteroatoms. The summed E-state index contributed by atoms with van der Waals surface area (Å²) in [5.74, 6) is 1.67. The van der Waals surface area contributed by atoms with Crippen molar-refractivity contribution >= 4 is 22.8 Å². The predicted octanol–water partition coefficient (Wildman–Crippen LogP) is 3.16. The van der Waals surface area contributed by atoms with Gasteiger partial charge in [0.2, 0.25) is 0 Å². The van der Waals surface area contributed by atoms with Crippen molar-refractivity contribution in [3.63, 3.8) is 0 Å². The van der Waals surface area contributed by atoms with Crippen LogP contribution in [0.4, 0.5) is 17.2 Å². The lowest BCUT2D eigenvalue weighted by Gasteiger charge is -2.27. The van der Waals surface area contributed by atoms with Gasteiger partial charge in [-0.2, -0.15) is 0 Å². The van der Waals surface area contributed by atoms with E-state index < -0.39 is 0 Å². The number of hydrogen-bond donors (Lipinski definition) is 3. The number of nitrogens with zero attached hydrogens (tertiary/aromatic N) is 3. The van der Waals surface area contributed by atoms with Crippen molar-refractivity contribution in [2.75, 3.05) is 17.7 Å². The summed E-state index contributed by atoms with van der Waals surface area (Å²) < 4.78 is 7.01. The summed E-state index contributed by atoms with van der Waals surface area (Å²) in [6.45, 7) is 0. The molecule has 2 aromatic heterocycles. The minimum atomic E-state index is 0.337. The Kier molecular flexibility index (Phi) is 4.62. The second-order valence-electron chi connectivity index (χ2n) is 6.75. The number of anilines is 3. The van der Waals surface area contributed by atoms with Gasteiger partial charge in [0.25, 0.3) is 0 Å². The molecule has 0 amide bonds. The summed E-state index contributed by atoms with van der Waals surface area (Å²) in [7, 11) is 1.66. The van der Waals surface area contributed by atoms with Crippen LogP contribution in [0.2, 0.25) is 0 Å². The van der Waals surface area contributed by atoms with E-state index in [1.54, 1.807) is 17.8 Å². The third-order valence-electron chi connectivity index (χ3n) is 4.85. The molecule has 0 saturated heterocycles. The number of ether oxygens (including phenoxy) is 1. The van der Waals surface area contributed by atoms with Gasteiger partial charge in [0.1, 0.15) is 11.6 Å². The standard InChI is InChI=1S/C19H24N6O/c1-26-16-8-6-14(7-9-16)22-17-12-18(24-25-11-10-21-19(17)25)23-15-4-2-13(20)3-5-15/h6-13,15,22H,2-5,20H2,1H3,(H,23,24). The van der Waals surface area contributed by atoms with Gasteiger partial charge in [-0.25, -0.2) is 9.50 Å². The van der Waals surface area contributed by atoms with Crippen molar-refractivity contribution in [2.45, 2.75) is 37.8 Å². The summed E-state index contributed by atoms with van der Waals surface area (Å²) in [4.78, 5) is 4.42. The molecule has 136 valence electrons. The summed E-state index contributed by atoms with van der Waals surface area (Å²) >= 11 is 0. The smallest absolute Gasteiger partial charge is 0.177 e. The third-order valence-corrected chi connectivity index (χ3v) is 4.85. The highest BCUT2D eigenvalue weighted by molar-refractivity contribution is 5.75. The largest absolute Gasteiger partial charge is 0.497 e. The number of benzene rings is 1. The first kappa shape index (κ1) is 16.7. The van der Waals surface area contributed by atoms with Crippen LogP contribution in [0.3, 0.4) is 0 Å². The van der Waals surface area contributed by atoms with Gasteiger partial charge < -0.3 is 21.1 Å². The molecule has 1 aliphatic rings. The molecule has 0 radical (unpaired) electrons. The van der Waals surface area contributed by atoms with Crippen LogP contribution in [0.25, 0.3) is 5.65 Å². The summed E-state index contributed by atoms with van der Waals surface area (Å²) in [5.41, 5.74) is 8.67. The predicted molar refractivity (Wildman–Crippen MR) is 103 cm³/mol. The van der Waals surface area contributed by atoms with E-state index in [0.29, 0.717) is 12.1 Å². The van der Waals surface area contributed by atoms with Gasteiger partial charge in [0, 0.05) is 36.2 Å². The molecule has 4 rings (SSSR count). The normalized spacial score (nSPS) is 20.1. The second-order valence-corrected chi connectivity index (χ2v) is 6.75. The van der Waals surface area contributed by atoms with E-state index in [0.717, 1.165) is 54.3 Å². The van der Waals surface area contributed by atoms with E-state index in [-0.39, 0.29) is 0 Å². The number of fused-ring (bicyclic) bond motifs is 1. The van der Waals surface area contributed by atoms with Gasteiger partial charge in [-0.3, -0.25) is 0 Å². The lowest BCUT2D eigenvalue weighted by molar-refractivity contribution is 0.410. The monoisotopic (exact) mass is 352 g/mol. The fraction of sp³-hybridized carbons (Fsp3) is 0.368. The SMILES string of the molecule is COc1ccc(Nc2cc(NC3CCC(N)CC3)nn3ccnc23)cc1. The minimum absolute atomic E-state index is 0.337. The first-order valence-electron chi connectivity index (χ1n) is 8.99. The molecule has 7 nitrogen and oxygen atoms in total. The minimum Gasteiger partial charge on any atom is -0.497 e. The molecule has 1 aliphatic carbocycles. The third kappa shape index (κ3) is 3.57. The summed E-state index contributed by atoms with van der Waals surface area (Å²) in [5, 5.41) is 11.6. The Bertz CT molecular complexity index is 867. The Morgan fingerprint density at radius 2 is 1.92 bits per heavy atom. The molecular formula is C19H24N6O. The van der Waals surface area contributed by atoms with Crippen LogP contribution in [0.5, 0.6) is 5.75 Å². The van der Waals surface area contributed by atoms with Crippen molar-refractivity contribution < 1.29 is 4.74 Å². The fourth-order valence-electron chi connectivity index (χ4n) is 3.38. The summed E-state index contributed by atoms with van der Waals surface area (Å²) in [6, 6.07) is 10.6. The number of hydrogen-bond acceptors (Lipinski definition) is 6. The van der Waals surface area contributed by atoms with Crippen molar-refractivity contribution in [1.82, 2.24) is 14.6 Å². The van der Waals surface area contributed by atoms with Crippen molar-refractivity contribution in [3.8, 4) is 5.75 Å². The zero-order valence-corrected chi connectivity index (χ0v) is 14.9. The topological polar surface area (TPSA) is 89.5 Å². The van der Waals surface area contributed by atoms with Crippen LogP contribution in [0.1, 0.15) is 25.7 Å². The molecule has 1 aromatic carbocycles. The first-order valence-corrected chi connectivity index (χ1v) is 8.99. The lowest BCUT2D eigenvalue weighted by atomic mass is 9.92. The number of nitrogens with two attached hydrogens (primary N) is 1. The number of imidazole rings is 1. The second kappa shape index (κ2) is 7.21. The highest BCUT2D eigenvalue weighted by atomic mass is 16.5. The maximum atomic E-state index is 6.01. The first-order chi connectivity index (χ1) is 12.7. The van der Waals surface area contributed by atoms with E-state index in [4.69, 9.17) is 10.5 Å². The number of rotatable bonds is 5.